The van der Waals surface area contributed by atoms with Gasteiger partial charge in [-0.05, 0) is 120 Å². The number of benzene rings is 9. The molecule has 0 saturated carbocycles. The Hall–Kier alpha value is -6.74. The monoisotopic (exact) mass is 785 g/mol. The number of hydrogen-bond acceptors (Lipinski definition) is 2. The molecular formula is C58H43NS. The Morgan fingerprint density at radius 3 is 1.85 bits per heavy atom. The van der Waals surface area contributed by atoms with Crippen LogP contribution in [-0.4, -0.2) is 0 Å². The maximum atomic E-state index is 2.49. The van der Waals surface area contributed by atoms with Crippen molar-refractivity contribution in [3.05, 3.63) is 210 Å². The smallest absolute Gasteiger partial charge is 0.0468 e. The van der Waals surface area contributed by atoms with Gasteiger partial charge in [-0.1, -0.05) is 173 Å². The molecule has 1 aromatic heterocycles. The summed E-state index contributed by atoms with van der Waals surface area (Å²) < 4.78 is 2.67. The average Bonchev–Trinajstić information content (AvgIpc) is 3.78. The summed E-state index contributed by atoms with van der Waals surface area (Å²) in [5, 5.41) is 5.29. The summed E-state index contributed by atoms with van der Waals surface area (Å²) in [7, 11) is 0. The Balaban J connectivity index is 1.07. The minimum Gasteiger partial charge on any atom is -0.310 e. The highest BCUT2D eigenvalue weighted by Gasteiger charge is 2.37. The van der Waals surface area contributed by atoms with Crippen LogP contribution in [0.4, 0.5) is 17.1 Å². The molecule has 0 N–H and O–H groups in total. The lowest BCUT2D eigenvalue weighted by Gasteiger charge is -2.37. The summed E-state index contributed by atoms with van der Waals surface area (Å²) in [5.74, 6) is 0. The maximum Gasteiger partial charge on any atom is 0.0468 e. The van der Waals surface area contributed by atoms with Crippen LogP contribution < -0.4 is 4.90 Å². The molecule has 0 bridgehead atoms. The van der Waals surface area contributed by atoms with Crippen molar-refractivity contribution in [3.8, 4) is 44.5 Å². The number of anilines is 3. The number of rotatable bonds is 5. The minimum absolute atomic E-state index is 0.121. The van der Waals surface area contributed by atoms with E-state index in [1.54, 1.807) is 0 Å². The average molecular weight is 786 g/mol. The van der Waals surface area contributed by atoms with Gasteiger partial charge in [-0.2, -0.15) is 0 Å². The largest absolute Gasteiger partial charge is 0.310 e. The predicted molar refractivity (Wildman–Crippen MR) is 258 cm³/mol. The van der Waals surface area contributed by atoms with Gasteiger partial charge in [0.25, 0.3) is 0 Å². The molecule has 12 rings (SSSR count). The predicted octanol–water partition coefficient (Wildman–Crippen LogP) is 16.6. The van der Waals surface area contributed by atoms with Crippen LogP contribution in [-0.2, 0) is 10.8 Å². The highest BCUT2D eigenvalue weighted by Crippen LogP contribution is 2.55. The quantitative estimate of drug-likeness (QED) is 0.168. The molecule has 1 heterocycles. The summed E-state index contributed by atoms with van der Waals surface area (Å²) in [5.41, 5.74) is 18.9. The molecule has 0 unspecified atom stereocenters. The lowest BCUT2D eigenvalue weighted by Crippen LogP contribution is -2.24. The molecule has 0 aliphatic heterocycles. The Morgan fingerprint density at radius 2 is 0.983 bits per heavy atom. The second-order valence-corrected chi connectivity index (χ2v) is 18.7. The van der Waals surface area contributed by atoms with Crippen LogP contribution >= 0.6 is 11.3 Å². The van der Waals surface area contributed by atoms with Crippen molar-refractivity contribution in [2.24, 2.45) is 0 Å². The highest BCUT2D eigenvalue weighted by atomic mass is 32.1. The molecule has 286 valence electrons. The highest BCUT2D eigenvalue weighted by molar-refractivity contribution is 7.26. The summed E-state index contributed by atoms with van der Waals surface area (Å²) in [6.45, 7) is 9.54. The molecule has 2 aliphatic rings. The van der Waals surface area contributed by atoms with Crippen LogP contribution in [0.5, 0.6) is 0 Å². The Kier molecular flexibility index (Phi) is 7.56. The first-order valence-corrected chi connectivity index (χ1v) is 21.9. The normalized spacial score (nSPS) is 14.3. The summed E-state index contributed by atoms with van der Waals surface area (Å²) in [4.78, 5) is 2.49. The van der Waals surface area contributed by atoms with Crippen molar-refractivity contribution in [1.29, 1.82) is 0 Å². The molecule has 0 atom stereocenters. The van der Waals surface area contributed by atoms with E-state index >= 15 is 0 Å². The maximum absolute atomic E-state index is 2.49. The molecule has 2 aliphatic carbocycles. The zero-order valence-corrected chi connectivity index (χ0v) is 35.1. The van der Waals surface area contributed by atoms with Crippen LogP contribution in [0.3, 0.4) is 0 Å². The first-order chi connectivity index (χ1) is 29.3. The molecule has 9 aromatic carbocycles. The Labute approximate surface area is 355 Å². The number of thiophene rings is 1. The number of nitrogens with zero attached hydrogens (tertiary/aromatic N) is 1. The molecule has 0 fully saturated rings. The van der Waals surface area contributed by atoms with Gasteiger partial charge in [-0.25, -0.2) is 0 Å². The van der Waals surface area contributed by atoms with Crippen LogP contribution in [0.15, 0.2) is 188 Å². The second kappa shape index (κ2) is 12.9. The third kappa shape index (κ3) is 5.04. The second-order valence-electron chi connectivity index (χ2n) is 17.7. The standard InChI is InChI=1S/C58H43NS/c1-57(2)50-33-30-40(34-48(50)55-42(36-14-6-5-7-15-36)31-26-38-16-12-22-51(57)54(38)55)59(41-29-32-45-44-17-8-10-21-49(44)58(3,4)52(45)35-41)39-27-24-37(25-28-39)43-19-13-20-47-46-18-9-11-23-53(46)60-56(43)47/h5-35H,1-4H3. The minimum atomic E-state index is -0.181. The molecule has 0 spiro atoms. The van der Waals surface area contributed by atoms with E-state index in [1.807, 2.05) is 11.3 Å². The third-order valence-corrected chi connectivity index (χ3v) is 14.9. The van der Waals surface area contributed by atoms with E-state index in [2.05, 4.69) is 221 Å². The fourth-order valence-electron chi connectivity index (χ4n) is 10.6. The van der Waals surface area contributed by atoms with Crippen LogP contribution in [0.1, 0.15) is 49.9 Å². The molecule has 0 amide bonds. The summed E-state index contributed by atoms with van der Waals surface area (Å²) in [6, 6.07) is 70.5. The van der Waals surface area contributed by atoms with Crippen molar-refractivity contribution >= 4 is 59.3 Å². The molecule has 10 aromatic rings. The van der Waals surface area contributed by atoms with E-state index in [9.17, 15) is 0 Å². The lowest BCUT2D eigenvalue weighted by molar-refractivity contribution is 0.645. The molecule has 2 heteroatoms. The summed E-state index contributed by atoms with van der Waals surface area (Å²) >= 11 is 1.89. The molecule has 0 radical (unpaired) electrons. The first-order valence-electron chi connectivity index (χ1n) is 21.1. The van der Waals surface area contributed by atoms with E-state index in [0.29, 0.717) is 0 Å². The molecule has 0 saturated heterocycles. The van der Waals surface area contributed by atoms with Gasteiger partial charge in [0.1, 0.15) is 0 Å². The van der Waals surface area contributed by atoms with Gasteiger partial charge in [0.2, 0.25) is 0 Å². The Bertz CT molecular complexity index is 3370. The number of fused-ring (bicyclic) bond motifs is 8. The van der Waals surface area contributed by atoms with E-state index in [1.165, 1.54) is 97.7 Å². The van der Waals surface area contributed by atoms with Gasteiger partial charge in [-0.15, -0.1) is 11.3 Å². The van der Waals surface area contributed by atoms with Gasteiger partial charge in [0, 0.05) is 48.1 Å². The van der Waals surface area contributed by atoms with Crippen molar-refractivity contribution < 1.29 is 0 Å². The zero-order valence-electron chi connectivity index (χ0n) is 34.3. The molecule has 1 nitrogen and oxygen atoms in total. The van der Waals surface area contributed by atoms with Crippen LogP contribution in [0.2, 0.25) is 0 Å². The van der Waals surface area contributed by atoms with Gasteiger partial charge in [-0.3, -0.25) is 0 Å². The first kappa shape index (κ1) is 35.2. The fraction of sp³-hybridized carbons (Fsp3) is 0.103. The van der Waals surface area contributed by atoms with Crippen molar-refractivity contribution in [1.82, 2.24) is 0 Å². The van der Waals surface area contributed by atoms with E-state index in [4.69, 9.17) is 0 Å². The van der Waals surface area contributed by atoms with Crippen molar-refractivity contribution in [2.45, 2.75) is 38.5 Å². The van der Waals surface area contributed by atoms with Gasteiger partial charge in [0.15, 0.2) is 0 Å². The lowest BCUT2D eigenvalue weighted by atomic mass is 9.67. The van der Waals surface area contributed by atoms with Crippen LogP contribution in [0.25, 0.3) is 75.5 Å². The number of hydrogen-bond donors (Lipinski definition) is 0. The molecule has 60 heavy (non-hydrogen) atoms. The van der Waals surface area contributed by atoms with E-state index in [0.717, 1.165) is 17.1 Å². The van der Waals surface area contributed by atoms with Gasteiger partial charge < -0.3 is 4.90 Å². The van der Waals surface area contributed by atoms with Crippen molar-refractivity contribution in [2.75, 3.05) is 4.90 Å². The van der Waals surface area contributed by atoms with Crippen molar-refractivity contribution in [3.63, 3.8) is 0 Å². The van der Waals surface area contributed by atoms with Gasteiger partial charge in [0.05, 0.1) is 0 Å². The SMILES string of the molecule is CC1(C)c2ccccc2-c2ccc(N(c3ccc(-c4cccc5c4sc4ccccc45)cc3)c3ccc4c(c3)-c3c(-c5ccccc5)ccc5cccc(c35)C4(C)C)cc21. The summed E-state index contributed by atoms with van der Waals surface area (Å²) in [6.07, 6.45) is 0. The third-order valence-electron chi connectivity index (χ3n) is 13.7. The topological polar surface area (TPSA) is 3.24 Å². The zero-order chi connectivity index (χ0) is 40.3. The van der Waals surface area contributed by atoms with Gasteiger partial charge >= 0.3 is 0 Å². The Morgan fingerprint density at radius 1 is 0.383 bits per heavy atom. The fourth-order valence-corrected chi connectivity index (χ4v) is 11.9. The van der Waals surface area contributed by atoms with E-state index < -0.39 is 0 Å². The molecular weight excluding hydrogens is 743 g/mol. The van der Waals surface area contributed by atoms with Crippen LogP contribution in [0, 0.1) is 0 Å². The van der Waals surface area contributed by atoms with E-state index in [-0.39, 0.29) is 10.8 Å².